The van der Waals surface area contributed by atoms with E-state index in [9.17, 15) is 0 Å². The molecule has 2 heterocycles. The molecule has 2 rings (SSSR count). The van der Waals surface area contributed by atoms with Crippen LogP contribution in [-0.4, -0.2) is 81.7 Å². The van der Waals surface area contributed by atoms with Crippen molar-refractivity contribution >= 4 is 68.5 Å². The fourth-order valence-electron chi connectivity index (χ4n) is 5.81. The molecule has 0 radical (unpaired) electrons. The van der Waals surface area contributed by atoms with E-state index in [0.29, 0.717) is 13.2 Å². The fourth-order valence-corrected chi connectivity index (χ4v) is 48.9. The van der Waals surface area contributed by atoms with Gasteiger partial charge in [-0.3, -0.25) is 0 Å². The standard InChI is InChI=1S/2C11H29O5Si4.Rf/c2*1-12-10-9-11-20(8)15-18(4,5)13-17(2,3)14-19(6,7)16-20;/h2*1,9-11H2,2-8H3;/q2*-1;. The van der Waals surface area contributed by atoms with Crippen molar-refractivity contribution in [1.82, 2.24) is 0 Å². The number of hydrogen-bond acceptors (Lipinski definition) is 10. The molecule has 41 heavy (non-hydrogen) atoms. The SMILES string of the molecule is [CH2-]OCCC[Si]1(C)O[Si](C)(C)O[Si](C)(C)O[Si](C)(C)O1.[CH2-]OCCC[Si]1(C)O[Si](C)(C)O[Si](C)(C)O[Si](C)(C)O1.[Rf]. The van der Waals surface area contributed by atoms with E-state index < -0.39 is 68.5 Å². The first-order valence-electron chi connectivity index (χ1n) is 14.1. The average molecular weight is 974 g/mol. The predicted octanol–water partition coefficient (Wildman–Crippen LogP) is 6.88. The van der Waals surface area contributed by atoms with E-state index >= 15 is 0 Å². The Hall–Kier alpha value is 0.335. The second-order valence-electron chi connectivity index (χ2n) is 13.5. The molecule has 0 N–H and O–H groups in total. The molecule has 242 valence electrons. The molecule has 0 saturated carbocycles. The Kier molecular flexibility index (Phi) is 15.2. The first kappa shape index (κ1) is 41.3. The summed E-state index contributed by atoms with van der Waals surface area (Å²) in [6, 6.07) is 1.76. The summed E-state index contributed by atoms with van der Waals surface area (Å²) in [4.78, 5) is 0. The molecule has 0 aromatic heterocycles. The summed E-state index contributed by atoms with van der Waals surface area (Å²) in [5.74, 6) is 0. The summed E-state index contributed by atoms with van der Waals surface area (Å²) in [6.07, 6.45) is 1.78. The van der Waals surface area contributed by atoms with Crippen LogP contribution in [0.2, 0.25) is 104 Å². The molecule has 0 atom stereocenters. The molecule has 2 aliphatic heterocycles. The van der Waals surface area contributed by atoms with Crippen LogP contribution in [-0.2, 0) is 42.4 Å². The molecular weight excluding hydrogens is 916 g/mol. The first-order valence-corrected chi connectivity index (χ1v) is 36.1. The van der Waals surface area contributed by atoms with Gasteiger partial charge in [-0.05, 0) is 117 Å². The van der Waals surface area contributed by atoms with E-state index in [1.807, 2.05) is 0 Å². The van der Waals surface area contributed by atoms with E-state index in [1.165, 1.54) is 0 Å². The third-order valence-corrected chi connectivity index (χ3v) is 38.7. The molecule has 2 aliphatic rings. The molecule has 2 saturated heterocycles. The van der Waals surface area contributed by atoms with Crippen LogP contribution in [0.4, 0.5) is 0 Å². The van der Waals surface area contributed by atoms with Crippen molar-refractivity contribution < 1.29 is 42.4 Å². The van der Waals surface area contributed by atoms with Crippen molar-refractivity contribution in [2.24, 2.45) is 0 Å². The van der Waals surface area contributed by atoms with Crippen molar-refractivity contribution in [3.8, 4) is 0 Å². The van der Waals surface area contributed by atoms with Gasteiger partial charge in [0.25, 0.3) is 0 Å². The second-order valence-corrected chi connectivity index (χ2v) is 42.4. The largest absolute Gasteiger partial charge is 0.555 e. The minimum atomic E-state index is -2.30. The zero-order valence-electron chi connectivity index (χ0n) is 28.4. The summed E-state index contributed by atoms with van der Waals surface area (Å²) < 4.78 is 60.7. The van der Waals surface area contributed by atoms with Crippen molar-refractivity contribution in [1.29, 1.82) is 0 Å². The maximum atomic E-state index is 6.43. The first-order chi connectivity index (χ1) is 17.8. The van der Waals surface area contributed by atoms with Gasteiger partial charge < -0.3 is 42.4 Å². The molecule has 0 spiro atoms. The summed E-state index contributed by atoms with van der Waals surface area (Å²) in [6.45, 7) is 30.4. The summed E-state index contributed by atoms with van der Waals surface area (Å²) in [5.41, 5.74) is 0. The molecule has 10 nitrogen and oxygen atoms in total. The Bertz CT molecular complexity index is 696. The van der Waals surface area contributed by atoms with E-state index in [0.717, 1.165) is 24.9 Å². The molecule has 0 aromatic carbocycles. The van der Waals surface area contributed by atoms with Crippen molar-refractivity contribution in [2.45, 2.75) is 117 Å². The molecule has 0 aliphatic carbocycles. The topological polar surface area (TPSA) is 92.3 Å². The van der Waals surface area contributed by atoms with E-state index in [2.05, 4.69) is 106 Å². The number of rotatable bonds is 8. The predicted molar refractivity (Wildman–Crippen MR) is 178 cm³/mol. The maximum absolute atomic E-state index is 6.43. The van der Waals surface area contributed by atoms with Crippen LogP contribution in [0.15, 0.2) is 0 Å². The van der Waals surface area contributed by atoms with Gasteiger partial charge in [0, 0.05) is 13.2 Å². The number of hydrogen-bond donors (Lipinski definition) is 0. The molecular formula is C22H58O10RfSi8-2. The number of ether oxygens (including phenoxy) is 2. The molecule has 0 bridgehead atoms. The van der Waals surface area contributed by atoms with Gasteiger partial charge in [0.1, 0.15) is 0 Å². The normalized spacial score (nSPS) is 26.9. The summed E-state index contributed by atoms with van der Waals surface area (Å²) in [7, 11) is -11.1. The van der Waals surface area contributed by atoms with Crippen LogP contribution in [0.5, 0.6) is 0 Å². The Balaban J connectivity index is 0.000000762. The van der Waals surface area contributed by atoms with Gasteiger partial charge in [0.2, 0.25) is 0 Å². The smallest absolute Gasteiger partial charge is 0.317 e. The van der Waals surface area contributed by atoms with Gasteiger partial charge >= 0.3 is 68.5 Å². The van der Waals surface area contributed by atoms with Crippen LogP contribution in [0, 0.1) is 14.2 Å². The molecule has 0 unspecified atom stereocenters. The summed E-state index contributed by atoms with van der Waals surface area (Å²) >= 11 is 0. The van der Waals surface area contributed by atoms with Crippen molar-refractivity contribution in [3.05, 3.63) is 14.2 Å². The van der Waals surface area contributed by atoms with Crippen molar-refractivity contribution in [3.63, 3.8) is 0 Å². The zero-order chi connectivity index (χ0) is 31.3. The third-order valence-electron chi connectivity index (χ3n) is 5.65. The Morgan fingerprint density at radius 3 is 0.780 bits per heavy atom. The zero-order valence-corrected chi connectivity index (χ0v) is 42.8. The average Bonchev–Trinajstić information content (AvgIpc) is 2.60. The summed E-state index contributed by atoms with van der Waals surface area (Å²) in [5, 5.41) is 0. The van der Waals surface area contributed by atoms with Crippen LogP contribution < -0.4 is 0 Å². The van der Waals surface area contributed by atoms with Crippen LogP contribution in [0.3, 0.4) is 0 Å². The van der Waals surface area contributed by atoms with Gasteiger partial charge in [-0.15, -0.1) is 0 Å². The van der Waals surface area contributed by atoms with Gasteiger partial charge in [0.05, 0.1) is 0 Å². The maximum Gasteiger partial charge on any atom is 0.317 e. The van der Waals surface area contributed by atoms with Crippen LogP contribution >= 0.6 is 0 Å². The van der Waals surface area contributed by atoms with E-state index in [4.69, 9.17) is 42.4 Å². The fraction of sp³-hybridized carbons (Fsp3) is 0.909. The van der Waals surface area contributed by atoms with Gasteiger partial charge in [-0.1, -0.05) is 0 Å². The van der Waals surface area contributed by atoms with Gasteiger partial charge in [-0.2, -0.15) is 0 Å². The third kappa shape index (κ3) is 16.3. The minimum absolute atomic E-state index is 0. The van der Waals surface area contributed by atoms with E-state index in [-0.39, 0.29) is 0 Å². The monoisotopic (exact) mass is 973 g/mol. The van der Waals surface area contributed by atoms with Crippen LogP contribution in [0.25, 0.3) is 0 Å². The second kappa shape index (κ2) is 15.1. The van der Waals surface area contributed by atoms with Gasteiger partial charge in [0.15, 0.2) is 0 Å². The molecule has 19 heteroatoms. The quantitative estimate of drug-likeness (QED) is 0.146. The van der Waals surface area contributed by atoms with E-state index in [1.54, 1.807) is 0 Å². The van der Waals surface area contributed by atoms with Crippen molar-refractivity contribution in [2.75, 3.05) is 13.2 Å². The molecule has 0 amide bonds. The Labute approximate surface area is 254 Å². The Morgan fingerprint density at radius 2 is 0.585 bits per heavy atom. The Morgan fingerprint density at radius 1 is 0.390 bits per heavy atom. The van der Waals surface area contributed by atoms with Crippen LogP contribution in [0.1, 0.15) is 12.8 Å². The molecule has 0 aromatic rings. The van der Waals surface area contributed by atoms with Gasteiger partial charge in [-0.25, -0.2) is 14.2 Å². The molecule has 2 fully saturated rings. The minimum Gasteiger partial charge on any atom is -0.555 e.